The quantitative estimate of drug-likeness (QED) is 0.870. The number of benzene rings is 1. The lowest BCUT2D eigenvalue weighted by Crippen LogP contribution is -2.50. The lowest BCUT2D eigenvalue weighted by molar-refractivity contribution is 0.0531. The third-order valence-corrected chi connectivity index (χ3v) is 4.07. The molecule has 1 fully saturated rings. The van der Waals surface area contributed by atoms with E-state index in [1.807, 2.05) is 0 Å². The molecule has 0 atom stereocenters. The first kappa shape index (κ1) is 16.7. The maximum Gasteiger partial charge on any atom is 0.274 e. The Morgan fingerprint density at radius 1 is 1.04 bits per heavy atom. The third kappa shape index (κ3) is 3.68. The summed E-state index contributed by atoms with van der Waals surface area (Å²) < 4.78 is 5.14. The van der Waals surface area contributed by atoms with Crippen LogP contribution in [0, 0.1) is 0 Å². The van der Waals surface area contributed by atoms with E-state index in [0.29, 0.717) is 37.5 Å². The first-order valence-electron chi connectivity index (χ1n) is 7.87. The van der Waals surface area contributed by atoms with Crippen molar-refractivity contribution in [3.8, 4) is 5.75 Å². The van der Waals surface area contributed by atoms with Gasteiger partial charge in [-0.1, -0.05) is 6.07 Å². The van der Waals surface area contributed by atoms with Crippen LogP contribution in [0.1, 0.15) is 20.8 Å². The number of H-pyrrole nitrogens is 1. The van der Waals surface area contributed by atoms with Crippen molar-refractivity contribution in [3.63, 3.8) is 0 Å². The molecule has 1 aromatic carbocycles. The number of nitrogens with zero attached hydrogens (tertiary/aromatic N) is 3. The molecule has 1 aromatic heterocycles. The minimum atomic E-state index is -0.356. The van der Waals surface area contributed by atoms with Gasteiger partial charge in [-0.2, -0.15) is 5.10 Å². The van der Waals surface area contributed by atoms with Gasteiger partial charge >= 0.3 is 0 Å². The zero-order valence-electron chi connectivity index (χ0n) is 13.8. The summed E-state index contributed by atoms with van der Waals surface area (Å²) in [6.07, 6.45) is 0. The molecule has 1 saturated heterocycles. The van der Waals surface area contributed by atoms with E-state index in [9.17, 15) is 14.4 Å². The molecule has 0 saturated carbocycles. The zero-order chi connectivity index (χ0) is 17.8. The topological polar surface area (TPSA) is 95.6 Å². The van der Waals surface area contributed by atoms with E-state index in [1.54, 1.807) is 41.2 Å². The number of carbonyl (C=O) groups excluding carboxylic acids is 2. The number of piperazine rings is 1. The molecule has 2 aromatic rings. The molecule has 0 aliphatic carbocycles. The van der Waals surface area contributed by atoms with Crippen LogP contribution in [0.25, 0.3) is 0 Å². The first-order chi connectivity index (χ1) is 12.1. The normalized spacial score (nSPS) is 14.3. The Hall–Kier alpha value is -3.16. The predicted molar refractivity (Wildman–Crippen MR) is 89.7 cm³/mol. The highest BCUT2D eigenvalue weighted by atomic mass is 16.5. The van der Waals surface area contributed by atoms with Crippen molar-refractivity contribution < 1.29 is 14.3 Å². The zero-order valence-corrected chi connectivity index (χ0v) is 13.8. The van der Waals surface area contributed by atoms with Crippen LogP contribution in [-0.4, -0.2) is 65.1 Å². The van der Waals surface area contributed by atoms with Crippen LogP contribution in [0.3, 0.4) is 0 Å². The van der Waals surface area contributed by atoms with E-state index >= 15 is 0 Å². The van der Waals surface area contributed by atoms with Crippen molar-refractivity contribution in [2.24, 2.45) is 0 Å². The number of nitrogens with one attached hydrogen (secondary N) is 1. The fraction of sp³-hybridized carbons (Fsp3) is 0.294. The van der Waals surface area contributed by atoms with Crippen molar-refractivity contribution in [1.29, 1.82) is 0 Å². The number of amides is 2. The highest BCUT2D eigenvalue weighted by Crippen LogP contribution is 2.16. The van der Waals surface area contributed by atoms with Gasteiger partial charge in [-0.05, 0) is 24.3 Å². The van der Waals surface area contributed by atoms with E-state index < -0.39 is 0 Å². The predicted octanol–water partition coefficient (Wildman–Crippen LogP) is 0.377. The van der Waals surface area contributed by atoms with E-state index in [0.717, 1.165) is 0 Å². The van der Waals surface area contributed by atoms with E-state index in [1.165, 1.54) is 12.1 Å². The van der Waals surface area contributed by atoms with Crippen LogP contribution in [-0.2, 0) is 0 Å². The smallest absolute Gasteiger partial charge is 0.274 e. The minimum absolute atomic E-state index is 0.0897. The fourth-order valence-corrected chi connectivity index (χ4v) is 2.68. The largest absolute Gasteiger partial charge is 0.497 e. The van der Waals surface area contributed by atoms with Gasteiger partial charge in [-0.3, -0.25) is 14.4 Å². The summed E-state index contributed by atoms with van der Waals surface area (Å²) >= 11 is 0. The van der Waals surface area contributed by atoms with Crippen LogP contribution in [0.4, 0.5) is 0 Å². The summed E-state index contributed by atoms with van der Waals surface area (Å²) in [7, 11) is 1.55. The van der Waals surface area contributed by atoms with Crippen molar-refractivity contribution in [2.45, 2.75) is 0 Å². The molecule has 8 heteroatoms. The van der Waals surface area contributed by atoms with Crippen LogP contribution in [0.15, 0.2) is 41.2 Å². The molecular formula is C17H18N4O4. The number of aromatic nitrogens is 2. The van der Waals surface area contributed by atoms with E-state index in [-0.39, 0.29) is 23.1 Å². The third-order valence-electron chi connectivity index (χ3n) is 4.07. The SMILES string of the molecule is COc1cccc(C(=O)N2CCN(C(=O)c3ccc(=O)[nH]n3)CC2)c1. The summed E-state index contributed by atoms with van der Waals surface area (Å²) in [6.45, 7) is 1.70. The summed E-state index contributed by atoms with van der Waals surface area (Å²) in [4.78, 5) is 39.3. The van der Waals surface area contributed by atoms with Crippen LogP contribution < -0.4 is 10.3 Å². The average molecular weight is 342 g/mol. The van der Waals surface area contributed by atoms with Crippen molar-refractivity contribution in [1.82, 2.24) is 20.0 Å². The molecule has 0 bridgehead atoms. The van der Waals surface area contributed by atoms with Gasteiger partial charge in [-0.15, -0.1) is 0 Å². The van der Waals surface area contributed by atoms with Gasteiger partial charge in [0, 0.05) is 37.8 Å². The summed E-state index contributed by atoms with van der Waals surface area (Å²) in [5, 5.41) is 6.00. The number of carbonyl (C=O) groups is 2. The Morgan fingerprint density at radius 2 is 1.72 bits per heavy atom. The summed E-state index contributed by atoms with van der Waals surface area (Å²) in [6, 6.07) is 9.66. The number of hydrogen-bond donors (Lipinski definition) is 1. The molecule has 8 nitrogen and oxygen atoms in total. The lowest BCUT2D eigenvalue weighted by Gasteiger charge is -2.34. The Morgan fingerprint density at radius 3 is 2.32 bits per heavy atom. The number of hydrogen-bond acceptors (Lipinski definition) is 5. The van der Waals surface area contributed by atoms with Crippen LogP contribution >= 0.6 is 0 Å². The molecule has 25 heavy (non-hydrogen) atoms. The first-order valence-corrected chi connectivity index (χ1v) is 7.87. The maximum atomic E-state index is 12.6. The Bertz CT molecular complexity index is 820. The Balaban J connectivity index is 1.63. The highest BCUT2D eigenvalue weighted by molar-refractivity contribution is 5.95. The Kier molecular flexibility index (Phi) is 4.78. The van der Waals surface area contributed by atoms with Crippen molar-refractivity contribution in [3.05, 3.63) is 58.0 Å². The minimum Gasteiger partial charge on any atom is -0.497 e. The van der Waals surface area contributed by atoms with Gasteiger partial charge in [0.25, 0.3) is 17.4 Å². The second-order valence-electron chi connectivity index (χ2n) is 5.62. The molecule has 1 aliphatic rings. The number of rotatable bonds is 3. The molecular weight excluding hydrogens is 324 g/mol. The van der Waals surface area contributed by atoms with Gasteiger partial charge in [-0.25, -0.2) is 5.10 Å². The highest BCUT2D eigenvalue weighted by Gasteiger charge is 2.26. The molecule has 1 N–H and O–H groups in total. The van der Waals surface area contributed by atoms with Gasteiger partial charge in [0.2, 0.25) is 0 Å². The van der Waals surface area contributed by atoms with E-state index in [2.05, 4.69) is 10.2 Å². The second kappa shape index (κ2) is 7.16. The Labute approximate surface area is 144 Å². The molecule has 0 radical (unpaired) electrons. The fourth-order valence-electron chi connectivity index (χ4n) is 2.68. The van der Waals surface area contributed by atoms with Gasteiger partial charge in [0.15, 0.2) is 0 Å². The lowest BCUT2D eigenvalue weighted by atomic mass is 10.1. The van der Waals surface area contributed by atoms with Crippen molar-refractivity contribution >= 4 is 11.8 Å². The van der Waals surface area contributed by atoms with Crippen LogP contribution in [0.5, 0.6) is 5.75 Å². The van der Waals surface area contributed by atoms with Gasteiger partial charge < -0.3 is 14.5 Å². The molecule has 130 valence electrons. The number of methoxy groups -OCH3 is 1. The maximum absolute atomic E-state index is 12.6. The second-order valence-corrected chi connectivity index (χ2v) is 5.62. The van der Waals surface area contributed by atoms with Gasteiger partial charge in [0.1, 0.15) is 11.4 Å². The average Bonchev–Trinajstić information content (AvgIpc) is 2.67. The standard InChI is InChI=1S/C17H18N4O4/c1-25-13-4-2-3-12(11-13)16(23)20-7-9-21(10-8-20)17(24)14-5-6-15(22)19-18-14/h2-6,11H,7-10H2,1H3,(H,19,22). The van der Waals surface area contributed by atoms with Crippen LogP contribution in [0.2, 0.25) is 0 Å². The molecule has 0 spiro atoms. The molecule has 1 aliphatic heterocycles. The molecule has 3 rings (SSSR count). The van der Waals surface area contributed by atoms with Crippen molar-refractivity contribution in [2.75, 3.05) is 33.3 Å². The van der Waals surface area contributed by atoms with E-state index in [4.69, 9.17) is 4.74 Å². The summed E-state index contributed by atoms with van der Waals surface area (Å²) in [5.74, 6) is 0.279. The summed E-state index contributed by atoms with van der Waals surface area (Å²) in [5.41, 5.74) is 0.388. The van der Waals surface area contributed by atoms with Gasteiger partial charge in [0.05, 0.1) is 7.11 Å². The number of ether oxygens (including phenoxy) is 1. The molecule has 0 unspecified atom stereocenters. The molecule has 2 heterocycles. The monoisotopic (exact) mass is 342 g/mol. The number of aromatic amines is 1. The molecule has 2 amide bonds.